The van der Waals surface area contributed by atoms with E-state index in [1.807, 2.05) is 4.57 Å². The number of hydrogen-bond donors (Lipinski definition) is 0. The lowest BCUT2D eigenvalue weighted by atomic mass is 10.1. The van der Waals surface area contributed by atoms with Gasteiger partial charge in [0.25, 0.3) is 0 Å². The average molecular weight is 216 g/mol. The molecule has 0 radical (unpaired) electrons. The van der Waals surface area contributed by atoms with E-state index in [0.29, 0.717) is 17.2 Å². The first kappa shape index (κ1) is 11.5. The Hall–Kier alpha value is -0.570. The maximum absolute atomic E-state index is 6.01. The van der Waals surface area contributed by atoms with Crippen molar-refractivity contribution in [3.8, 4) is 0 Å². The Bertz CT molecular complexity index is 294. The van der Waals surface area contributed by atoms with Crippen LogP contribution in [-0.2, 0) is 6.42 Å². The maximum Gasteiger partial charge on any atom is 0.225 e. The highest BCUT2D eigenvalue weighted by atomic mass is 35.5. The largest absolute Gasteiger partial charge is 0.299 e. The normalized spacial score (nSPS) is 13.6. The Balaban J connectivity index is 2.97. The van der Waals surface area contributed by atoms with Crippen molar-refractivity contribution < 1.29 is 0 Å². The van der Waals surface area contributed by atoms with Crippen LogP contribution in [0.25, 0.3) is 0 Å². The number of halogens is 1. The third kappa shape index (κ3) is 2.27. The molecule has 1 unspecified atom stereocenters. The maximum atomic E-state index is 6.01. The smallest absolute Gasteiger partial charge is 0.225 e. The molecule has 1 aromatic heterocycles. The van der Waals surface area contributed by atoms with Crippen molar-refractivity contribution in [2.24, 2.45) is 5.92 Å². The number of aromatic nitrogens is 3. The Morgan fingerprint density at radius 2 is 1.93 bits per heavy atom. The van der Waals surface area contributed by atoms with E-state index in [4.69, 9.17) is 11.6 Å². The van der Waals surface area contributed by atoms with E-state index in [2.05, 4.69) is 37.9 Å². The second kappa shape index (κ2) is 4.78. The van der Waals surface area contributed by atoms with Crippen LogP contribution in [0, 0.1) is 5.92 Å². The SMILES string of the molecule is CCCc1nnc(Cl)n1C(C)C(C)C. The van der Waals surface area contributed by atoms with E-state index in [1.165, 1.54) is 0 Å². The zero-order chi connectivity index (χ0) is 10.7. The van der Waals surface area contributed by atoms with Crippen molar-refractivity contribution in [1.29, 1.82) is 0 Å². The number of hydrogen-bond acceptors (Lipinski definition) is 2. The Kier molecular flexibility index (Phi) is 3.93. The fourth-order valence-corrected chi connectivity index (χ4v) is 1.69. The molecule has 0 fully saturated rings. The standard InChI is InChI=1S/C10H18ClN3/c1-5-6-9-12-13-10(11)14(9)8(4)7(2)3/h7-8H,5-6H2,1-4H3. The van der Waals surface area contributed by atoms with Crippen molar-refractivity contribution >= 4 is 11.6 Å². The molecule has 1 aromatic rings. The number of aryl methyl sites for hydroxylation is 1. The summed E-state index contributed by atoms with van der Waals surface area (Å²) in [7, 11) is 0. The minimum atomic E-state index is 0.360. The molecule has 80 valence electrons. The monoisotopic (exact) mass is 215 g/mol. The van der Waals surface area contributed by atoms with Crippen LogP contribution < -0.4 is 0 Å². The zero-order valence-electron chi connectivity index (χ0n) is 9.29. The van der Waals surface area contributed by atoms with Gasteiger partial charge in [0.15, 0.2) is 0 Å². The van der Waals surface area contributed by atoms with E-state index in [-0.39, 0.29) is 0 Å². The van der Waals surface area contributed by atoms with Crippen molar-refractivity contribution in [2.45, 2.75) is 46.6 Å². The van der Waals surface area contributed by atoms with Gasteiger partial charge in [-0.1, -0.05) is 20.8 Å². The lowest BCUT2D eigenvalue weighted by Crippen LogP contribution is -2.14. The van der Waals surface area contributed by atoms with Gasteiger partial charge in [-0.15, -0.1) is 10.2 Å². The van der Waals surface area contributed by atoms with Crippen molar-refractivity contribution in [3.05, 3.63) is 11.1 Å². The highest BCUT2D eigenvalue weighted by Gasteiger charge is 2.17. The third-order valence-electron chi connectivity index (χ3n) is 2.57. The van der Waals surface area contributed by atoms with Gasteiger partial charge in [0, 0.05) is 12.5 Å². The molecule has 0 aromatic carbocycles. The van der Waals surface area contributed by atoms with Crippen molar-refractivity contribution in [2.75, 3.05) is 0 Å². The minimum absolute atomic E-state index is 0.360. The van der Waals surface area contributed by atoms with Crippen molar-refractivity contribution in [3.63, 3.8) is 0 Å². The van der Waals surface area contributed by atoms with Gasteiger partial charge in [-0.25, -0.2) is 0 Å². The molecule has 0 saturated heterocycles. The molecule has 0 bridgehead atoms. The molecule has 0 spiro atoms. The molecule has 4 heteroatoms. The Morgan fingerprint density at radius 1 is 1.29 bits per heavy atom. The van der Waals surface area contributed by atoms with Crippen LogP contribution >= 0.6 is 11.6 Å². The van der Waals surface area contributed by atoms with Gasteiger partial charge in [0.05, 0.1) is 0 Å². The van der Waals surface area contributed by atoms with E-state index in [0.717, 1.165) is 18.7 Å². The van der Waals surface area contributed by atoms with E-state index in [9.17, 15) is 0 Å². The van der Waals surface area contributed by atoms with Crippen LogP contribution in [0.4, 0.5) is 0 Å². The van der Waals surface area contributed by atoms with Gasteiger partial charge in [0.1, 0.15) is 5.82 Å². The molecular weight excluding hydrogens is 198 g/mol. The van der Waals surface area contributed by atoms with Crippen LogP contribution in [0.15, 0.2) is 0 Å². The van der Waals surface area contributed by atoms with E-state index in [1.54, 1.807) is 0 Å². The predicted molar refractivity (Wildman–Crippen MR) is 58.6 cm³/mol. The van der Waals surface area contributed by atoms with Crippen LogP contribution in [0.5, 0.6) is 0 Å². The summed E-state index contributed by atoms with van der Waals surface area (Å²) >= 11 is 6.01. The summed E-state index contributed by atoms with van der Waals surface area (Å²) in [6, 6.07) is 0.360. The molecule has 14 heavy (non-hydrogen) atoms. The molecular formula is C10H18ClN3. The van der Waals surface area contributed by atoms with Crippen molar-refractivity contribution in [1.82, 2.24) is 14.8 Å². The molecule has 1 rings (SSSR count). The lowest BCUT2D eigenvalue weighted by molar-refractivity contribution is 0.396. The fraction of sp³-hybridized carbons (Fsp3) is 0.800. The van der Waals surface area contributed by atoms with E-state index >= 15 is 0 Å². The molecule has 3 nitrogen and oxygen atoms in total. The summed E-state index contributed by atoms with van der Waals surface area (Å²) in [6.07, 6.45) is 2.01. The molecule has 0 amide bonds. The van der Waals surface area contributed by atoms with Gasteiger partial charge in [-0.05, 0) is 30.9 Å². The van der Waals surface area contributed by atoms with Crippen LogP contribution in [0.2, 0.25) is 5.28 Å². The molecule has 0 saturated carbocycles. The second-order valence-corrected chi connectivity index (χ2v) is 4.33. The van der Waals surface area contributed by atoms with Gasteiger partial charge in [-0.3, -0.25) is 4.57 Å². The molecule has 0 aliphatic heterocycles. The minimum Gasteiger partial charge on any atom is -0.299 e. The van der Waals surface area contributed by atoms with Crippen LogP contribution in [0.3, 0.4) is 0 Å². The van der Waals surface area contributed by atoms with Crippen LogP contribution in [0.1, 0.15) is 46.0 Å². The summed E-state index contributed by atoms with van der Waals surface area (Å²) in [5.41, 5.74) is 0. The number of nitrogens with zero attached hydrogens (tertiary/aromatic N) is 3. The molecule has 0 aliphatic rings. The second-order valence-electron chi connectivity index (χ2n) is 3.99. The topological polar surface area (TPSA) is 30.7 Å². The average Bonchev–Trinajstić information content (AvgIpc) is 2.47. The Morgan fingerprint density at radius 3 is 2.43 bits per heavy atom. The number of rotatable bonds is 4. The summed E-state index contributed by atoms with van der Waals surface area (Å²) in [5, 5.41) is 8.52. The summed E-state index contributed by atoms with van der Waals surface area (Å²) in [5.74, 6) is 1.54. The first-order chi connectivity index (χ1) is 6.57. The van der Waals surface area contributed by atoms with Crippen LogP contribution in [-0.4, -0.2) is 14.8 Å². The quantitative estimate of drug-likeness (QED) is 0.773. The highest BCUT2D eigenvalue weighted by molar-refractivity contribution is 6.28. The third-order valence-corrected chi connectivity index (χ3v) is 2.83. The van der Waals surface area contributed by atoms with Gasteiger partial charge >= 0.3 is 0 Å². The van der Waals surface area contributed by atoms with Gasteiger partial charge in [0.2, 0.25) is 5.28 Å². The Labute approximate surface area is 90.5 Å². The highest BCUT2D eigenvalue weighted by Crippen LogP contribution is 2.23. The summed E-state index contributed by atoms with van der Waals surface area (Å²) in [6.45, 7) is 8.64. The predicted octanol–water partition coefficient (Wildman–Crippen LogP) is 3.10. The molecule has 1 atom stereocenters. The first-order valence-electron chi connectivity index (χ1n) is 5.17. The summed E-state index contributed by atoms with van der Waals surface area (Å²) < 4.78 is 2.04. The molecule has 0 N–H and O–H groups in total. The summed E-state index contributed by atoms with van der Waals surface area (Å²) in [4.78, 5) is 0. The van der Waals surface area contributed by atoms with Gasteiger partial charge in [-0.2, -0.15) is 0 Å². The fourth-order valence-electron chi connectivity index (χ4n) is 1.40. The molecule has 1 heterocycles. The van der Waals surface area contributed by atoms with E-state index < -0.39 is 0 Å². The zero-order valence-corrected chi connectivity index (χ0v) is 10.0. The van der Waals surface area contributed by atoms with Gasteiger partial charge < -0.3 is 0 Å². The lowest BCUT2D eigenvalue weighted by Gasteiger charge is -2.19. The molecule has 0 aliphatic carbocycles. The first-order valence-corrected chi connectivity index (χ1v) is 5.55.